The van der Waals surface area contributed by atoms with E-state index in [1.165, 1.54) is 5.56 Å². The van der Waals surface area contributed by atoms with Gasteiger partial charge in [-0.3, -0.25) is 9.69 Å². The molecule has 0 unspecified atom stereocenters. The van der Waals surface area contributed by atoms with Crippen LogP contribution in [0.5, 0.6) is 17.2 Å². The van der Waals surface area contributed by atoms with E-state index < -0.39 is 0 Å². The zero-order valence-corrected chi connectivity index (χ0v) is 17.8. The molecule has 0 bridgehead atoms. The van der Waals surface area contributed by atoms with Crippen molar-refractivity contribution >= 4 is 17.2 Å². The summed E-state index contributed by atoms with van der Waals surface area (Å²) in [6.07, 6.45) is 0. The third-order valence-corrected chi connectivity index (χ3v) is 6.11. The fraction of sp³-hybridized carbons (Fsp3) is 0.304. The molecule has 2 aromatic carbocycles. The van der Waals surface area contributed by atoms with E-state index in [9.17, 15) is 4.79 Å². The lowest BCUT2D eigenvalue weighted by Gasteiger charge is -2.34. The van der Waals surface area contributed by atoms with E-state index in [4.69, 9.17) is 14.2 Å². The van der Waals surface area contributed by atoms with Crippen LogP contribution in [0.2, 0.25) is 0 Å². The average molecular weight is 438 g/mol. The Bertz CT molecular complexity index is 1030. The second kappa shape index (κ2) is 8.95. The number of piperazine rings is 1. The number of hydrogen-bond donors (Lipinski definition) is 0. The molecule has 3 heterocycles. The van der Waals surface area contributed by atoms with E-state index in [0.717, 1.165) is 42.6 Å². The molecule has 5 rings (SSSR count). The maximum Gasteiger partial charge on any atom is 0.253 e. The van der Waals surface area contributed by atoms with Gasteiger partial charge in [-0.15, -0.1) is 11.3 Å². The summed E-state index contributed by atoms with van der Waals surface area (Å²) < 4.78 is 16.6. The minimum absolute atomic E-state index is 0.0637. The summed E-state index contributed by atoms with van der Waals surface area (Å²) in [6, 6.07) is 13.4. The van der Waals surface area contributed by atoms with Crippen LogP contribution in [0.4, 0.5) is 0 Å². The summed E-state index contributed by atoms with van der Waals surface area (Å²) in [6.45, 7) is 4.67. The molecule has 2 aliphatic rings. The summed E-state index contributed by atoms with van der Waals surface area (Å²) in [7, 11) is 0. The van der Waals surface area contributed by atoms with Gasteiger partial charge >= 0.3 is 0 Å². The zero-order valence-electron chi connectivity index (χ0n) is 17.0. The molecule has 0 atom stereocenters. The third-order valence-electron chi connectivity index (χ3n) is 5.47. The monoisotopic (exact) mass is 437 g/mol. The Hall–Kier alpha value is -3.10. The quantitative estimate of drug-likeness (QED) is 0.589. The number of amides is 1. The Labute approximate surface area is 184 Å². The van der Waals surface area contributed by atoms with Crippen molar-refractivity contribution in [3.8, 4) is 17.2 Å². The smallest absolute Gasteiger partial charge is 0.253 e. The molecule has 2 aliphatic heterocycles. The summed E-state index contributed by atoms with van der Waals surface area (Å²) >= 11 is 1.55. The minimum atomic E-state index is 0.0637. The first-order valence-electron chi connectivity index (χ1n) is 10.2. The molecule has 0 aliphatic carbocycles. The third kappa shape index (κ3) is 4.65. The van der Waals surface area contributed by atoms with Gasteiger partial charge in [0.2, 0.25) is 6.79 Å². The van der Waals surface area contributed by atoms with Crippen molar-refractivity contribution in [2.24, 2.45) is 0 Å². The van der Waals surface area contributed by atoms with Gasteiger partial charge in [0.1, 0.15) is 12.4 Å². The number of carbonyl (C=O) groups is 1. The number of benzene rings is 2. The zero-order chi connectivity index (χ0) is 21.0. The highest BCUT2D eigenvalue weighted by molar-refractivity contribution is 7.07. The normalized spacial score (nSPS) is 15.8. The molecule has 31 heavy (non-hydrogen) atoms. The van der Waals surface area contributed by atoms with Gasteiger partial charge in [-0.05, 0) is 42.0 Å². The van der Waals surface area contributed by atoms with Crippen LogP contribution in [-0.4, -0.2) is 53.7 Å². The Morgan fingerprint density at radius 3 is 2.61 bits per heavy atom. The fourth-order valence-corrected chi connectivity index (χ4v) is 4.29. The second-order valence-electron chi connectivity index (χ2n) is 7.55. The van der Waals surface area contributed by atoms with Gasteiger partial charge in [-0.25, -0.2) is 4.98 Å². The predicted molar refractivity (Wildman–Crippen MR) is 117 cm³/mol. The van der Waals surface area contributed by atoms with E-state index in [2.05, 4.69) is 16.0 Å². The van der Waals surface area contributed by atoms with Crippen LogP contribution < -0.4 is 14.2 Å². The molecule has 1 fully saturated rings. The molecular formula is C23H23N3O4S. The molecular weight excluding hydrogens is 414 g/mol. The Morgan fingerprint density at radius 1 is 1.03 bits per heavy atom. The van der Waals surface area contributed by atoms with Crippen LogP contribution in [-0.2, 0) is 13.2 Å². The van der Waals surface area contributed by atoms with Crippen molar-refractivity contribution in [1.82, 2.24) is 14.8 Å². The van der Waals surface area contributed by atoms with E-state index in [0.29, 0.717) is 32.1 Å². The lowest BCUT2D eigenvalue weighted by molar-refractivity contribution is 0.0628. The van der Waals surface area contributed by atoms with Gasteiger partial charge in [-0.2, -0.15) is 0 Å². The topological polar surface area (TPSA) is 64.1 Å². The standard InChI is InChI=1S/C23H23N3O4S/c27-23(18-2-4-20(5-3-18)28-13-19-14-31-15-24-19)26-9-7-25(8-10-26)12-17-1-6-21-22(11-17)30-16-29-21/h1-6,11,14-15H,7-10,12-13,16H2. The average Bonchev–Trinajstić information content (AvgIpc) is 3.50. The molecule has 160 valence electrons. The lowest BCUT2D eigenvalue weighted by atomic mass is 10.1. The van der Waals surface area contributed by atoms with Crippen LogP contribution in [0, 0.1) is 0 Å². The molecule has 3 aromatic rings. The molecule has 0 N–H and O–H groups in total. The lowest BCUT2D eigenvalue weighted by Crippen LogP contribution is -2.48. The number of thiazole rings is 1. The molecule has 1 amide bonds. The molecule has 0 saturated carbocycles. The molecule has 0 spiro atoms. The van der Waals surface area contributed by atoms with Gasteiger partial charge < -0.3 is 19.1 Å². The van der Waals surface area contributed by atoms with E-state index in [-0.39, 0.29) is 5.91 Å². The van der Waals surface area contributed by atoms with Gasteiger partial charge in [0.05, 0.1) is 11.2 Å². The number of carbonyl (C=O) groups excluding carboxylic acids is 1. The highest BCUT2D eigenvalue weighted by Gasteiger charge is 2.23. The maximum absolute atomic E-state index is 12.9. The summed E-state index contributed by atoms with van der Waals surface area (Å²) in [4.78, 5) is 21.4. The Morgan fingerprint density at radius 2 is 1.84 bits per heavy atom. The number of ether oxygens (including phenoxy) is 3. The maximum atomic E-state index is 12.9. The van der Waals surface area contributed by atoms with E-state index >= 15 is 0 Å². The Balaban J connectivity index is 1.12. The van der Waals surface area contributed by atoms with Crippen molar-refractivity contribution in [1.29, 1.82) is 0 Å². The largest absolute Gasteiger partial charge is 0.487 e. The van der Waals surface area contributed by atoms with Crippen molar-refractivity contribution < 1.29 is 19.0 Å². The number of aromatic nitrogens is 1. The SMILES string of the molecule is O=C(c1ccc(OCc2cscn2)cc1)N1CCN(Cc2ccc3c(c2)OCO3)CC1. The van der Waals surface area contributed by atoms with Crippen molar-refractivity contribution in [2.75, 3.05) is 33.0 Å². The van der Waals surface area contributed by atoms with E-state index in [1.54, 1.807) is 16.8 Å². The molecule has 7 nitrogen and oxygen atoms in total. The van der Waals surface area contributed by atoms with Crippen molar-refractivity contribution in [2.45, 2.75) is 13.2 Å². The first kappa shape index (κ1) is 19.8. The number of hydrogen-bond acceptors (Lipinski definition) is 7. The van der Waals surface area contributed by atoms with Crippen LogP contribution in [0.3, 0.4) is 0 Å². The van der Waals surface area contributed by atoms with Crippen LogP contribution >= 0.6 is 11.3 Å². The molecule has 1 aromatic heterocycles. The van der Waals surface area contributed by atoms with Gasteiger partial charge in [-0.1, -0.05) is 6.07 Å². The van der Waals surface area contributed by atoms with Crippen LogP contribution in [0.1, 0.15) is 21.6 Å². The molecule has 1 saturated heterocycles. The number of rotatable bonds is 6. The molecule has 0 radical (unpaired) electrons. The highest BCUT2D eigenvalue weighted by Crippen LogP contribution is 2.32. The summed E-state index contributed by atoms with van der Waals surface area (Å²) in [5, 5.41) is 1.96. The first-order valence-corrected chi connectivity index (χ1v) is 11.2. The summed E-state index contributed by atoms with van der Waals surface area (Å²) in [5.74, 6) is 2.41. The van der Waals surface area contributed by atoms with Gasteiger partial charge in [0, 0.05) is 43.7 Å². The van der Waals surface area contributed by atoms with Crippen LogP contribution in [0.15, 0.2) is 53.4 Å². The second-order valence-corrected chi connectivity index (χ2v) is 8.27. The van der Waals surface area contributed by atoms with Gasteiger partial charge in [0.15, 0.2) is 11.5 Å². The number of nitrogens with zero attached hydrogens (tertiary/aromatic N) is 3. The fourth-order valence-electron chi connectivity index (χ4n) is 3.75. The van der Waals surface area contributed by atoms with Crippen molar-refractivity contribution in [3.63, 3.8) is 0 Å². The minimum Gasteiger partial charge on any atom is -0.487 e. The highest BCUT2D eigenvalue weighted by atomic mass is 32.1. The van der Waals surface area contributed by atoms with Gasteiger partial charge in [0.25, 0.3) is 5.91 Å². The molecule has 8 heteroatoms. The summed E-state index contributed by atoms with van der Waals surface area (Å²) in [5.41, 5.74) is 4.57. The Kier molecular flexibility index (Phi) is 5.73. The number of fused-ring (bicyclic) bond motifs is 1. The first-order chi connectivity index (χ1) is 15.2. The van der Waals surface area contributed by atoms with E-state index in [1.807, 2.05) is 46.7 Å². The van der Waals surface area contributed by atoms with Crippen LogP contribution in [0.25, 0.3) is 0 Å². The predicted octanol–water partition coefficient (Wildman–Crippen LogP) is 3.41. The van der Waals surface area contributed by atoms with Crippen molar-refractivity contribution in [3.05, 3.63) is 70.2 Å².